The largest absolute Gasteiger partial charge is 0.0651 e. The number of hydrogen-bond donors (Lipinski definition) is 0. The average molecular weight is 210 g/mol. The fourth-order valence-electron chi connectivity index (χ4n) is 3.43. The van der Waals surface area contributed by atoms with Crippen LogP contribution in [-0.2, 0) is 0 Å². The summed E-state index contributed by atoms with van der Waals surface area (Å²) in [4.78, 5) is 0. The van der Waals surface area contributed by atoms with Crippen molar-refractivity contribution in [1.29, 1.82) is 0 Å². The van der Waals surface area contributed by atoms with Crippen LogP contribution < -0.4 is 0 Å². The maximum absolute atomic E-state index is 2.49. The normalized spacial score (nSPS) is 43.4. The summed E-state index contributed by atoms with van der Waals surface area (Å²) in [6.45, 7) is 12.2. The highest BCUT2D eigenvalue weighted by Crippen LogP contribution is 2.39. The second kappa shape index (κ2) is 5.92. The van der Waals surface area contributed by atoms with Gasteiger partial charge in [0.05, 0.1) is 0 Å². The van der Waals surface area contributed by atoms with E-state index in [9.17, 15) is 0 Å². The van der Waals surface area contributed by atoms with Crippen molar-refractivity contribution < 1.29 is 0 Å². The quantitative estimate of drug-likeness (QED) is 0.592. The third-order valence-electron chi connectivity index (χ3n) is 5.18. The molecular formula is C15H30. The molecule has 0 spiro atoms. The topological polar surface area (TPSA) is 0 Å². The minimum Gasteiger partial charge on any atom is -0.0651 e. The summed E-state index contributed by atoms with van der Waals surface area (Å²) < 4.78 is 0. The van der Waals surface area contributed by atoms with Gasteiger partial charge in [0.1, 0.15) is 0 Å². The van der Waals surface area contributed by atoms with Crippen LogP contribution in [0.1, 0.15) is 66.7 Å². The Hall–Kier alpha value is 0. The van der Waals surface area contributed by atoms with Gasteiger partial charge in [-0.1, -0.05) is 60.3 Å². The molecule has 0 nitrogen and oxygen atoms in total. The van der Waals surface area contributed by atoms with Crippen LogP contribution in [0.2, 0.25) is 0 Å². The molecule has 0 amide bonds. The van der Waals surface area contributed by atoms with Crippen molar-refractivity contribution in [3.05, 3.63) is 0 Å². The highest BCUT2D eigenvalue weighted by molar-refractivity contribution is 4.79. The van der Waals surface area contributed by atoms with E-state index in [0.29, 0.717) is 0 Å². The van der Waals surface area contributed by atoms with Crippen molar-refractivity contribution >= 4 is 0 Å². The smallest absolute Gasteiger partial charge is 0.0386 e. The van der Waals surface area contributed by atoms with E-state index < -0.39 is 0 Å². The van der Waals surface area contributed by atoms with E-state index in [1.807, 2.05) is 0 Å². The highest BCUT2D eigenvalue weighted by atomic mass is 14.3. The Kier molecular flexibility index (Phi) is 5.15. The van der Waals surface area contributed by atoms with Gasteiger partial charge in [-0.05, 0) is 36.0 Å². The van der Waals surface area contributed by atoms with E-state index in [-0.39, 0.29) is 0 Å². The molecule has 1 fully saturated rings. The predicted octanol–water partition coefficient (Wildman–Crippen LogP) is 5.13. The van der Waals surface area contributed by atoms with Crippen LogP contribution in [0.15, 0.2) is 0 Å². The van der Waals surface area contributed by atoms with Crippen molar-refractivity contribution in [3.8, 4) is 0 Å². The molecule has 0 aromatic carbocycles. The van der Waals surface area contributed by atoms with Gasteiger partial charge >= 0.3 is 0 Å². The first-order valence-electron chi connectivity index (χ1n) is 7.10. The molecule has 0 N–H and O–H groups in total. The van der Waals surface area contributed by atoms with Crippen LogP contribution in [0.25, 0.3) is 0 Å². The molecule has 1 aliphatic rings. The molecule has 0 saturated heterocycles. The summed E-state index contributed by atoms with van der Waals surface area (Å²) in [5.74, 6) is 4.81. The molecule has 0 heteroatoms. The van der Waals surface area contributed by atoms with Crippen molar-refractivity contribution in [1.82, 2.24) is 0 Å². The van der Waals surface area contributed by atoms with Crippen molar-refractivity contribution in [2.75, 3.05) is 0 Å². The lowest BCUT2D eigenvalue weighted by Crippen LogP contribution is -2.27. The third-order valence-corrected chi connectivity index (χ3v) is 5.18. The standard InChI is InChI=1S/C15H30/c1-6-14-10-15(7-2)13(5)11(3)8-9-12(14)4/h11-15H,6-10H2,1-5H3. The Morgan fingerprint density at radius 1 is 0.800 bits per heavy atom. The highest BCUT2D eigenvalue weighted by Gasteiger charge is 2.29. The molecule has 0 aromatic rings. The molecule has 1 saturated carbocycles. The Balaban J connectivity index is 2.69. The molecule has 0 aromatic heterocycles. The molecule has 5 atom stereocenters. The Bertz CT molecular complexity index is 173. The van der Waals surface area contributed by atoms with Crippen LogP contribution >= 0.6 is 0 Å². The van der Waals surface area contributed by atoms with Gasteiger partial charge in [-0.15, -0.1) is 0 Å². The van der Waals surface area contributed by atoms with Gasteiger partial charge in [0.2, 0.25) is 0 Å². The van der Waals surface area contributed by atoms with E-state index in [0.717, 1.165) is 29.6 Å². The summed E-state index contributed by atoms with van der Waals surface area (Å²) in [5, 5.41) is 0. The summed E-state index contributed by atoms with van der Waals surface area (Å²) in [6, 6.07) is 0. The van der Waals surface area contributed by atoms with Gasteiger partial charge in [-0.2, -0.15) is 0 Å². The minimum absolute atomic E-state index is 0.940. The Morgan fingerprint density at radius 2 is 1.33 bits per heavy atom. The van der Waals surface area contributed by atoms with Crippen molar-refractivity contribution in [3.63, 3.8) is 0 Å². The van der Waals surface area contributed by atoms with E-state index in [1.165, 1.54) is 32.1 Å². The molecular weight excluding hydrogens is 180 g/mol. The fourth-order valence-corrected chi connectivity index (χ4v) is 3.43. The van der Waals surface area contributed by atoms with Crippen LogP contribution in [-0.4, -0.2) is 0 Å². The lowest BCUT2D eigenvalue weighted by Gasteiger charge is -2.37. The van der Waals surface area contributed by atoms with Crippen molar-refractivity contribution in [2.24, 2.45) is 29.6 Å². The predicted molar refractivity (Wildman–Crippen MR) is 68.9 cm³/mol. The molecule has 0 heterocycles. The molecule has 5 unspecified atom stereocenters. The summed E-state index contributed by atoms with van der Waals surface area (Å²) in [7, 11) is 0. The molecule has 90 valence electrons. The molecule has 0 aliphatic heterocycles. The third kappa shape index (κ3) is 3.23. The first-order valence-corrected chi connectivity index (χ1v) is 7.10. The second-order valence-electron chi connectivity index (χ2n) is 5.96. The maximum atomic E-state index is 2.49. The Labute approximate surface area is 96.8 Å². The molecule has 0 bridgehead atoms. The van der Waals surface area contributed by atoms with Gasteiger partial charge in [-0.3, -0.25) is 0 Å². The van der Waals surface area contributed by atoms with Gasteiger partial charge in [-0.25, -0.2) is 0 Å². The molecule has 1 aliphatic carbocycles. The first-order chi connectivity index (χ1) is 7.10. The van der Waals surface area contributed by atoms with E-state index in [4.69, 9.17) is 0 Å². The average Bonchev–Trinajstić information content (AvgIpc) is 2.25. The molecule has 1 rings (SSSR count). The van der Waals surface area contributed by atoms with Crippen LogP contribution in [0.4, 0.5) is 0 Å². The van der Waals surface area contributed by atoms with Crippen LogP contribution in [0.5, 0.6) is 0 Å². The number of hydrogen-bond acceptors (Lipinski definition) is 0. The second-order valence-corrected chi connectivity index (χ2v) is 5.96. The Morgan fingerprint density at radius 3 is 1.87 bits per heavy atom. The van der Waals surface area contributed by atoms with Gasteiger partial charge in [0, 0.05) is 0 Å². The fraction of sp³-hybridized carbons (Fsp3) is 1.00. The van der Waals surface area contributed by atoms with Gasteiger partial charge in [0.15, 0.2) is 0 Å². The van der Waals surface area contributed by atoms with Gasteiger partial charge < -0.3 is 0 Å². The number of rotatable bonds is 2. The summed E-state index contributed by atoms with van der Waals surface area (Å²) in [5.41, 5.74) is 0. The summed E-state index contributed by atoms with van der Waals surface area (Å²) >= 11 is 0. The SMILES string of the molecule is CCC1CC(CC)C(C)C(C)CCC1C. The van der Waals surface area contributed by atoms with Crippen LogP contribution in [0.3, 0.4) is 0 Å². The zero-order valence-electron chi connectivity index (χ0n) is 11.4. The first kappa shape index (κ1) is 13.1. The molecule has 0 radical (unpaired) electrons. The zero-order valence-corrected chi connectivity index (χ0v) is 11.4. The lowest BCUT2D eigenvalue weighted by atomic mass is 9.69. The van der Waals surface area contributed by atoms with Crippen LogP contribution in [0, 0.1) is 29.6 Å². The van der Waals surface area contributed by atoms with E-state index >= 15 is 0 Å². The lowest BCUT2D eigenvalue weighted by molar-refractivity contribution is 0.136. The maximum Gasteiger partial charge on any atom is -0.0386 e. The monoisotopic (exact) mass is 210 g/mol. The van der Waals surface area contributed by atoms with Gasteiger partial charge in [0.25, 0.3) is 0 Å². The minimum atomic E-state index is 0.940. The zero-order chi connectivity index (χ0) is 11.4. The molecule has 15 heavy (non-hydrogen) atoms. The summed E-state index contributed by atoms with van der Waals surface area (Å²) in [6.07, 6.45) is 7.17. The van der Waals surface area contributed by atoms with Crippen molar-refractivity contribution in [2.45, 2.75) is 66.7 Å². The van der Waals surface area contributed by atoms with E-state index in [1.54, 1.807) is 0 Å². The van der Waals surface area contributed by atoms with E-state index in [2.05, 4.69) is 34.6 Å².